The van der Waals surface area contributed by atoms with Crippen molar-refractivity contribution in [3.8, 4) is 11.3 Å². The van der Waals surface area contributed by atoms with Crippen molar-refractivity contribution in [3.63, 3.8) is 0 Å². The van der Waals surface area contributed by atoms with Gasteiger partial charge in [0.25, 0.3) is 5.91 Å². The Hall–Kier alpha value is -4.00. The van der Waals surface area contributed by atoms with Crippen molar-refractivity contribution in [2.24, 2.45) is 5.92 Å². The van der Waals surface area contributed by atoms with Crippen LogP contribution in [0.3, 0.4) is 0 Å². The molecule has 0 aliphatic heterocycles. The van der Waals surface area contributed by atoms with Crippen LogP contribution in [0.1, 0.15) is 62.5 Å². The van der Waals surface area contributed by atoms with Crippen molar-refractivity contribution < 1.29 is 35.9 Å². The predicted molar refractivity (Wildman–Crippen MR) is 155 cm³/mol. The minimum Gasteiger partial charge on any atom is -0.444 e. The largest absolute Gasteiger partial charge is 0.444 e. The van der Waals surface area contributed by atoms with Gasteiger partial charge in [0.05, 0.1) is 22.7 Å². The van der Waals surface area contributed by atoms with Crippen LogP contribution in [0, 0.1) is 23.4 Å². The Labute approximate surface area is 248 Å². The Kier molecular flexibility index (Phi) is 9.14. The Morgan fingerprint density at radius 2 is 1.67 bits per heavy atom. The highest BCUT2D eigenvalue weighted by Crippen LogP contribution is 2.41. The molecule has 1 fully saturated rings. The molecule has 1 aliphatic carbocycles. The summed E-state index contributed by atoms with van der Waals surface area (Å²) in [6.07, 6.45) is 3.95. The van der Waals surface area contributed by atoms with E-state index in [4.69, 9.17) is 4.74 Å². The Morgan fingerprint density at radius 1 is 1.00 bits per heavy atom. The van der Waals surface area contributed by atoms with Crippen molar-refractivity contribution >= 4 is 27.5 Å². The molecular weight excluding hydrogens is 585 g/mol. The zero-order valence-corrected chi connectivity index (χ0v) is 25.1. The van der Waals surface area contributed by atoms with E-state index in [1.54, 1.807) is 33.8 Å². The number of carbonyl (C=O) groups excluding carboxylic acids is 2. The van der Waals surface area contributed by atoms with E-state index in [1.165, 1.54) is 12.4 Å². The molecule has 0 bridgehead atoms. The summed E-state index contributed by atoms with van der Waals surface area (Å²) in [5.74, 6) is -4.55. The summed E-state index contributed by atoms with van der Waals surface area (Å²) < 4.78 is 74.1. The van der Waals surface area contributed by atoms with Gasteiger partial charge in [-0.25, -0.2) is 31.4 Å². The maximum atomic E-state index is 14.6. The van der Waals surface area contributed by atoms with Gasteiger partial charge in [0.1, 0.15) is 34.4 Å². The summed E-state index contributed by atoms with van der Waals surface area (Å²) in [5.41, 5.74) is -1.54. The quantitative estimate of drug-likeness (QED) is 0.366. The molecule has 4 unspecified atom stereocenters. The lowest BCUT2D eigenvalue weighted by Gasteiger charge is -2.40. The van der Waals surface area contributed by atoms with Crippen molar-refractivity contribution in [1.29, 1.82) is 0 Å². The molecule has 0 saturated heterocycles. The number of rotatable bonds is 6. The highest BCUT2D eigenvalue weighted by atomic mass is 32.2. The van der Waals surface area contributed by atoms with E-state index in [2.05, 4.69) is 20.6 Å². The van der Waals surface area contributed by atoms with Crippen LogP contribution in [0.5, 0.6) is 0 Å². The molecule has 3 aromatic rings. The molecule has 2 heterocycles. The molecule has 13 heteroatoms. The number of hydrogen-bond donors (Lipinski definition) is 2. The molecule has 1 aromatic carbocycles. The number of sulfone groups is 1. The number of amides is 2. The second-order valence-corrected chi connectivity index (χ2v) is 13.9. The van der Waals surface area contributed by atoms with Gasteiger partial charge < -0.3 is 15.4 Å². The van der Waals surface area contributed by atoms with Gasteiger partial charge in [0, 0.05) is 18.5 Å². The van der Waals surface area contributed by atoms with Crippen molar-refractivity contribution in [2.45, 2.75) is 63.3 Å². The Bertz CT molecular complexity index is 1620. The van der Waals surface area contributed by atoms with Gasteiger partial charge in [-0.3, -0.25) is 9.78 Å². The molecule has 2 amide bonds. The minimum absolute atomic E-state index is 0.222. The van der Waals surface area contributed by atoms with Crippen molar-refractivity contribution in [1.82, 2.24) is 15.3 Å². The molecule has 2 N–H and O–H groups in total. The van der Waals surface area contributed by atoms with E-state index < -0.39 is 67.4 Å². The molecular formula is C30H33F3N4O5S. The SMILES string of the molecule is CC1CC(c2ccncc2NC(=O)c2ccc(F)c(-c3c(F)cccc3F)n2)CC(NC(=O)OC(C)(C)C)C1S(C)(=O)=O. The number of nitrogens with one attached hydrogen (secondary N) is 2. The molecule has 4 atom stereocenters. The fourth-order valence-corrected chi connectivity index (χ4v) is 7.34. The first-order valence-electron chi connectivity index (χ1n) is 13.6. The lowest BCUT2D eigenvalue weighted by molar-refractivity contribution is 0.0484. The van der Waals surface area contributed by atoms with Crippen LogP contribution in [0.4, 0.5) is 23.7 Å². The number of alkyl carbamates (subject to hydrolysis) is 1. The predicted octanol–water partition coefficient (Wildman–Crippen LogP) is 5.63. The van der Waals surface area contributed by atoms with Gasteiger partial charge in [0.2, 0.25) is 0 Å². The van der Waals surface area contributed by atoms with E-state index in [9.17, 15) is 31.2 Å². The molecule has 0 spiro atoms. The standard InChI is InChI=1S/C30H33F3N4O5S/c1-16-13-17(14-23(27(16)43(5,40)41)37-29(39)42-30(2,3)4)18-11-12-34-15-24(18)36-28(38)22-10-9-21(33)26(35-22)25-19(31)7-6-8-20(25)32/h6-12,15-17,23,27H,13-14H2,1-5H3,(H,36,38)(H,37,39). The number of pyridine rings is 2. The topological polar surface area (TPSA) is 127 Å². The van der Waals surface area contributed by atoms with Crippen LogP contribution in [0.2, 0.25) is 0 Å². The number of hydrogen-bond acceptors (Lipinski definition) is 7. The Morgan fingerprint density at radius 3 is 2.30 bits per heavy atom. The summed E-state index contributed by atoms with van der Waals surface area (Å²) in [4.78, 5) is 33.9. The highest BCUT2D eigenvalue weighted by molar-refractivity contribution is 7.91. The van der Waals surface area contributed by atoms with E-state index >= 15 is 0 Å². The van der Waals surface area contributed by atoms with Crippen LogP contribution in [-0.2, 0) is 14.6 Å². The van der Waals surface area contributed by atoms with Crippen molar-refractivity contribution in [3.05, 3.63) is 77.5 Å². The first-order chi connectivity index (χ1) is 20.0. The summed E-state index contributed by atoms with van der Waals surface area (Å²) in [7, 11) is -3.57. The van der Waals surface area contributed by atoms with Crippen LogP contribution >= 0.6 is 0 Å². The maximum Gasteiger partial charge on any atom is 0.407 e. The fraction of sp³-hybridized carbons (Fsp3) is 0.400. The fourth-order valence-electron chi connectivity index (χ4n) is 5.61. The minimum atomic E-state index is -3.57. The lowest BCUT2D eigenvalue weighted by atomic mass is 9.75. The van der Waals surface area contributed by atoms with E-state index in [0.29, 0.717) is 12.0 Å². The first-order valence-corrected chi connectivity index (χ1v) is 15.5. The summed E-state index contributed by atoms with van der Waals surface area (Å²) in [5, 5.41) is 4.56. The van der Waals surface area contributed by atoms with E-state index in [-0.39, 0.29) is 29.6 Å². The number of nitrogens with zero attached hydrogens (tertiary/aromatic N) is 2. The smallest absolute Gasteiger partial charge is 0.407 e. The third kappa shape index (κ3) is 7.51. The molecule has 43 heavy (non-hydrogen) atoms. The van der Waals surface area contributed by atoms with Crippen LogP contribution in [0.15, 0.2) is 48.8 Å². The molecule has 1 saturated carbocycles. The van der Waals surface area contributed by atoms with Gasteiger partial charge >= 0.3 is 6.09 Å². The van der Waals surface area contributed by atoms with Gasteiger partial charge in [-0.05, 0) is 81.3 Å². The zero-order valence-electron chi connectivity index (χ0n) is 24.3. The number of halogens is 3. The molecule has 9 nitrogen and oxygen atoms in total. The van der Waals surface area contributed by atoms with Gasteiger partial charge in [-0.1, -0.05) is 13.0 Å². The average Bonchev–Trinajstić information content (AvgIpc) is 2.87. The highest BCUT2D eigenvalue weighted by Gasteiger charge is 2.43. The Balaban J connectivity index is 1.63. The monoisotopic (exact) mass is 618 g/mol. The van der Waals surface area contributed by atoms with Crippen LogP contribution in [0.25, 0.3) is 11.3 Å². The van der Waals surface area contributed by atoms with E-state index in [1.807, 2.05) is 0 Å². The zero-order chi connectivity index (χ0) is 31.7. The van der Waals surface area contributed by atoms with Crippen molar-refractivity contribution in [2.75, 3.05) is 11.6 Å². The number of benzene rings is 1. The lowest BCUT2D eigenvalue weighted by Crippen LogP contribution is -2.53. The normalized spacial score (nSPS) is 20.7. The molecule has 4 rings (SSSR count). The average molecular weight is 619 g/mol. The molecule has 1 aliphatic rings. The summed E-state index contributed by atoms with van der Waals surface area (Å²) in [6, 6.07) is 5.92. The van der Waals surface area contributed by atoms with Gasteiger partial charge in [0.15, 0.2) is 9.84 Å². The first kappa shape index (κ1) is 31.9. The number of ether oxygens (including phenoxy) is 1. The third-order valence-corrected chi connectivity index (χ3v) is 8.95. The number of carbonyl (C=O) groups is 2. The summed E-state index contributed by atoms with van der Waals surface area (Å²) >= 11 is 0. The third-order valence-electron chi connectivity index (χ3n) is 7.17. The van der Waals surface area contributed by atoms with Gasteiger partial charge in [-0.15, -0.1) is 0 Å². The van der Waals surface area contributed by atoms with Gasteiger partial charge in [-0.2, -0.15) is 0 Å². The maximum absolute atomic E-state index is 14.6. The number of aromatic nitrogens is 2. The molecule has 230 valence electrons. The second kappa shape index (κ2) is 12.3. The molecule has 0 radical (unpaired) electrons. The van der Waals surface area contributed by atoms with E-state index in [0.717, 1.165) is 36.6 Å². The number of anilines is 1. The molecule has 2 aromatic heterocycles. The summed E-state index contributed by atoms with van der Waals surface area (Å²) in [6.45, 7) is 6.88. The van der Waals surface area contributed by atoms with Crippen LogP contribution in [-0.4, -0.2) is 53.5 Å². The van der Waals surface area contributed by atoms with Crippen LogP contribution < -0.4 is 10.6 Å². The second-order valence-electron chi connectivity index (χ2n) is 11.7.